The maximum absolute atomic E-state index is 15.1. The van der Waals surface area contributed by atoms with Gasteiger partial charge in [0.05, 0.1) is 19.2 Å². The van der Waals surface area contributed by atoms with Crippen molar-refractivity contribution in [3.05, 3.63) is 94.0 Å². The first-order chi connectivity index (χ1) is 18.9. The average molecular weight is 551 g/mol. The standard InChI is InChI=1S/C30H31FN2O5S/c1-38-21-13-14-24(27(35)18-21)26(34)15-16-28(36)33(19-22-10-7-17-39-22)29(23-11-5-6-12-25(23)31)30(37)32-20-8-3-2-4-9-20/h5-7,10-18,20,29,35H,2-4,8-9,19H2,1H3,(H,32,37)/b16-15+. The van der Waals surface area contributed by atoms with Crippen LogP contribution in [-0.4, -0.2) is 40.8 Å². The number of carbonyl (C=O) groups is 3. The minimum atomic E-state index is -1.25. The van der Waals surface area contributed by atoms with Gasteiger partial charge in [0.1, 0.15) is 23.4 Å². The molecule has 0 bridgehead atoms. The van der Waals surface area contributed by atoms with Gasteiger partial charge in [0.25, 0.3) is 0 Å². The number of aromatic hydroxyl groups is 1. The number of carbonyl (C=O) groups excluding carboxylic acids is 3. The summed E-state index contributed by atoms with van der Waals surface area (Å²) in [5.74, 6) is -2.23. The maximum Gasteiger partial charge on any atom is 0.247 e. The molecule has 4 rings (SSSR count). The van der Waals surface area contributed by atoms with Gasteiger partial charge in [0.15, 0.2) is 5.78 Å². The number of phenolic OH excluding ortho intramolecular Hbond substituents is 1. The van der Waals surface area contributed by atoms with E-state index in [-0.39, 0.29) is 29.5 Å². The molecule has 1 aliphatic rings. The minimum Gasteiger partial charge on any atom is -0.507 e. The van der Waals surface area contributed by atoms with E-state index in [2.05, 4.69) is 5.32 Å². The second-order valence-corrected chi connectivity index (χ2v) is 10.4. The number of nitrogens with zero attached hydrogens (tertiary/aromatic N) is 1. The van der Waals surface area contributed by atoms with Gasteiger partial charge in [-0.25, -0.2) is 4.39 Å². The van der Waals surface area contributed by atoms with Crippen molar-refractivity contribution >= 4 is 28.9 Å². The predicted octanol–water partition coefficient (Wildman–Crippen LogP) is 5.56. The van der Waals surface area contributed by atoms with Gasteiger partial charge in [-0.1, -0.05) is 43.5 Å². The van der Waals surface area contributed by atoms with Crippen molar-refractivity contribution < 1.29 is 28.6 Å². The molecule has 1 aliphatic carbocycles. The van der Waals surface area contributed by atoms with E-state index in [1.54, 1.807) is 6.07 Å². The molecule has 1 atom stereocenters. The van der Waals surface area contributed by atoms with Crippen molar-refractivity contribution in [3.8, 4) is 11.5 Å². The van der Waals surface area contributed by atoms with Crippen molar-refractivity contribution in [2.24, 2.45) is 0 Å². The Hall–Kier alpha value is -3.98. The van der Waals surface area contributed by atoms with Crippen LogP contribution in [0.5, 0.6) is 11.5 Å². The van der Waals surface area contributed by atoms with Crippen molar-refractivity contribution in [3.63, 3.8) is 0 Å². The molecule has 1 heterocycles. The smallest absolute Gasteiger partial charge is 0.247 e. The van der Waals surface area contributed by atoms with Gasteiger partial charge in [0, 0.05) is 28.6 Å². The highest BCUT2D eigenvalue weighted by Gasteiger charge is 2.34. The number of hydrogen-bond acceptors (Lipinski definition) is 6. The van der Waals surface area contributed by atoms with E-state index in [1.807, 2.05) is 17.5 Å². The summed E-state index contributed by atoms with van der Waals surface area (Å²) in [7, 11) is 1.44. The molecule has 2 N–H and O–H groups in total. The molecule has 3 aromatic rings. The zero-order chi connectivity index (χ0) is 27.8. The summed E-state index contributed by atoms with van der Waals surface area (Å²) >= 11 is 1.40. The summed E-state index contributed by atoms with van der Waals surface area (Å²) in [5.41, 5.74) is 0.0635. The second kappa shape index (κ2) is 13.2. The number of hydrogen-bond donors (Lipinski definition) is 2. The van der Waals surface area contributed by atoms with Crippen LogP contribution in [0.4, 0.5) is 4.39 Å². The Morgan fingerprint density at radius 2 is 1.87 bits per heavy atom. The predicted molar refractivity (Wildman–Crippen MR) is 147 cm³/mol. The lowest BCUT2D eigenvalue weighted by Crippen LogP contribution is -2.46. The van der Waals surface area contributed by atoms with Gasteiger partial charge in [-0.15, -0.1) is 11.3 Å². The number of phenols is 1. The normalized spacial score (nSPS) is 14.6. The number of amides is 2. The highest BCUT2D eigenvalue weighted by atomic mass is 32.1. The summed E-state index contributed by atoms with van der Waals surface area (Å²) in [6, 6.07) is 12.5. The zero-order valence-corrected chi connectivity index (χ0v) is 22.5. The first-order valence-electron chi connectivity index (χ1n) is 12.8. The topological polar surface area (TPSA) is 95.9 Å². The van der Waals surface area contributed by atoms with E-state index >= 15 is 4.39 Å². The van der Waals surface area contributed by atoms with Crippen LogP contribution in [0.2, 0.25) is 0 Å². The van der Waals surface area contributed by atoms with E-state index in [0.717, 1.165) is 49.1 Å². The summed E-state index contributed by atoms with van der Waals surface area (Å²) < 4.78 is 20.1. The quantitative estimate of drug-likeness (QED) is 0.255. The number of ether oxygens (including phenoxy) is 1. The lowest BCUT2D eigenvalue weighted by Gasteiger charge is -2.32. The largest absolute Gasteiger partial charge is 0.507 e. The number of nitrogens with one attached hydrogen (secondary N) is 1. The average Bonchev–Trinajstić information content (AvgIpc) is 3.46. The molecular weight excluding hydrogens is 519 g/mol. The van der Waals surface area contributed by atoms with Crippen LogP contribution in [0, 0.1) is 5.82 Å². The molecule has 2 aromatic carbocycles. The van der Waals surface area contributed by atoms with Crippen molar-refractivity contribution in [2.45, 2.75) is 50.7 Å². The number of ketones is 1. The maximum atomic E-state index is 15.1. The first-order valence-corrected chi connectivity index (χ1v) is 13.7. The molecule has 9 heteroatoms. The first kappa shape index (κ1) is 28.0. The molecule has 1 unspecified atom stereocenters. The number of methoxy groups -OCH3 is 1. The molecule has 7 nitrogen and oxygen atoms in total. The zero-order valence-electron chi connectivity index (χ0n) is 21.6. The van der Waals surface area contributed by atoms with Crippen LogP contribution < -0.4 is 10.1 Å². The molecule has 1 fully saturated rings. The lowest BCUT2D eigenvalue weighted by atomic mass is 9.94. The molecule has 2 amide bonds. The van der Waals surface area contributed by atoms with E-state index in [1.165, 1.54) is 59.7 Å². The summed E-state index contributed by atoms with van der Waals surface area (Å²) in [5, 5.41) is 15.1. The highest BCUT2D eigenvalue weighted by molar-refractivity contribution is 7.09. The van der Waals surface area contributed by atoms with E-state index in [4.69, 9.17) is 4.74 Å². The van der Waals surface area contributed by atoms with Gasteiger partial charge in [-0.2, -0.15) is 0 Å². The van der Waals surface area contributed by atoms with Crippen molar-refractivity contribution in [2.75, 3.05) is 7.11 Å². The SMILES string of the molecule is COc1ccc(C(=O)/C=C/C(=O)N(Cc2cccs2)C(C(=O)NC2CCCCC2)c2ccccc2F)c(O)c1. The Morgan fingerprint density at radius 1 is 1.10 bits per heavy atom. The monoisotopic (exact) mass is 550 g/mol. The van der Waals surface area contributed by atoms with Crippen LogP contribution in [0.3, 0.4) is 0 Å². The van der Waals surface area contributed by atoms with Crippen molar-refractivity contribution in [1.29, 1.82) is 0 Å². The molecule has 1 saturated carbocycles. The number of benzene rings is 2. The van der Waals surface area contributed by atoms with Crippen LogP contribution in [0.15, 0.2) is 72.1 Å². The third kappa shape index (κ3) is 7.11. The Labute approximate surface area is 230 Å². The molecular formula is C30H31FN2O5S. The van der Waals surface area contributed by atoms with Gasteiger partial charge >= 0.3 is 0 Å². The highest BCUT2D eigenvalue weighted by Crippen LogP contribution is 2.29. The fourth-order valence-electron chi connectivity index (χ4n) is 4.72. The molecule has 0 radical (unpaired) electrons. The summed E-state index contributed by atoms with van der Waals surface area (Å²) in [6.07, 6.45) is 6.86. The van der Waals surface area contributed by atoms with Gasteiger partial charge in [0.2, 0.25) is 11.8 Å². The van der Waals surface area contributed by atoms with Crippen LogP contribution >= 0.6 is 11.3 Å². The van der Waals surface area contributed by atoms with Gasteiger partial charge in [-0.05, 0) is 48.6 Å². The van der Waals surface area contributed by atoms with Gasteiger partial charge in [-0.3, -0.25) is 14.4 Å². The Bertz CT molecular complexity index is 1330. The van der Waals surface area contributed by atoms with Crippen LogP contribution in [0.1, 0.15) is 58.9 Å². The van der Waals surface area contributed by atoms with E-state index < -0.39 is 29.5 Å². The molecule has 0 aliphatic heterocycles. The van der Waals surface area contributed by atoms with Crippen LogP contribution in [-0.2, 0) is 16.1 Å². The van der Waals surface area contributed by atoms with Crippen molar-refractivity contribution in [1.82, 2.24) is 10.2 Å². The number of rotatable bonds is 10. The van der Waals surface area contributed by atoms with Gasteiger partial charge < -0.3 is 20.1 Å². The molecule has 39 heavy (non-hydrogen) atoms. The summed E-state index contributed by atoms with van der Waals surface area (Å²) in [4.78, 5) is 42.2. The minimum absolute atomic E-state index is 0.00893. The number of thiophene rings is 1. The summed E-state index contributed by atoms with van der Waals surface area (Å²) in [6.45, 7) is 0.0416. The van der Waals surface area contributed by atoms with Crippen LogP contribution in [0.25, 0.3) is 0 Å². The Morgan fingerprint density at radius 3 is 2.54 bits per heavy atom. The fraction of sp³-hybridized carbons (Fsp3) is 0.300. The van der Waals surface area contributed by atoms with E-state index in [0.29, 0.717) is 5.75 Å². The Balaban J connectivity index is 1.66. The third-order valence-electron chi connectivity index (χ3n) is 6.75. The fourth-order valence-corrected chi connectivity index (χ4v) is 5.42. The third-order valence-corrected chi connectivity index (χ3v) is 7.61. The lowest BCUT2D eigenvalue weighted by molar-refractivity contribution is -0.138. The number of allylic oxidation sites excluding steroid dienone is 1. The number of halogens is 1. The molecule has 204 valence electrons. The molecule has 0 saturated heterocycles. The second-order valence-electron chi connectivity index (χ2n) is 9.39. The van der Waals surface area contributed by atoms with E-state index in [9.17, 15) is 19.5 Å². The molecule has 1 aromatic heterocycles. The molecule has 0 spiro atoms. The Kier molecular flexibility index (Phi) is 9.49.